The van der Waals surface area contributed by atoms with Gasteiger partial charge >= 0.3 is 5.97 Å². The quantitative estimate of drug-likeness (QED) is 0.930. The Morgan fingerprint density at radius 3 is 2.89 bits per heavy atom. The van der Waals surface area contributed by atoms with Crippen molar-refractivity contribution in [3.05, 3.63) is 35.2 Å². The minimum atomic E-state index is -0.681. The molecule has 0 bridgehead atoms. The standard InChI is InChI=1S/C15H17NO2S/c1-10(16-8-11(9-16)6-15(17)18)14-7-12-4-2-3-5-13(12)19-14/h2-5,7,10-11H,6,8-9H2,1H3,(H,17,18). The van der Waals surface area contributed by atoms with E-state index in [2.05, 4.69) is 42.2 Å². The number of carboxylic acids is 1. The highest BCUT2D eigenvalue weighted by Crippen LogP contribution is 2.36. The van der Waals surface area contributed by atoms with E-state index < -0.39 is 5.97 Å². The molecular formula is C15H17NO2S. The Labute approximate surface area is 116 Å². The molecule has 1 aliphatic heterocycles. The first-order valence-electron chi connectivity index (χ1n) is 6.58. The fraction of sp³-hybridized carbons (Fsp3) is 0.400. The number of thiophene rings is 1. The second kappa shape index (κ2) is 4.94. The minimum Gasteiger partial charge on any atom is -0.481 e. The van der Waals surface area contributed by atoms with E-state index in [0.717, 1.165) is 13.1 Å². The van der Waals surface area contributed by atoms with Gasteiger partial charge in [-0.3, -0.25) is 9.69 Å². The summed E-state index contributed by atoms with van der Waals surface area (Å²) in [6, 6.07) is 11.1. The van der Waals surface area contributed by atoms with Crippen LogP contribution >= 0.6 is 11.3 Å². The van der Waals surface area contributed by atoms with Crippen molar-refractivity contribution in [1.29, 1.82) is 0 Å². The molecule has 1 N–H and O–H groups in total. The first kappa shape index (κ1) is 12.6. The summed E-state index contributed by atoms with van der Waals surface area (Å²) in [6.45, 7) is 4.02. The first-order chi connectivity index (χ1) is 9.13. The summed E-state index contributed by atoms with van der Waals surface area (Å²) in [5.41, 5.74) is 0. The third-order valence-electron chi connectivity index (χ3n) is 3.85. The van der Waals surface area contributed by atoms with Crippen molar-refractivity contribution in [2.75, 3.05) is 13.1 Å². The van der Waals surface area contributed by atoms with Crippen LogP contribution in [0, 0.1) is 5.92 Å². The molecule has 1 unspecified atom stereocenters. The van der Waals surface area contributed by atoms with Crippen molar-refractivity contribution in [3.8, 4) is 0 Å². The van der Waals surface area contributed by atoms with Crippen LogP contribution in [0.1, 0.15) is 24.3 Å². The molecule has 2 heterocycles. The average Bonchev–Trinajstić information content (AvgIpc) is 2.75. The van der Waals surface area contributed by atoms with Gasteiger partial charge in [0.15, 0.2) is 0 Å². The Morgan fingerprint density at radius 2 is 2.21 bits per heavy atom. The van der Waals surface area contributed by atoms with E-state index in [1.165, 1.54) is 15.0 Å². The van der Waals surface area contributed by atoms with E-state index in [-0.39, 0.29) is 0 Å². The van der Waals surface area contributed by atoms with Crippen LogP contribution in [0.15, 0.2) is 30.3 Å². The van der Waals surface area contributed by atoms with E-state index in [1.54, 1.807) is 0 Å². The average molecular weight is 275 g/mol. The number of benzene rings is 1. The highest BCUT2D eigenvalue weighted by molar-refractivity contribution is 7.19. The second-order valence-corrected chi connectivity index (χ2v) is 6.40. The van der Waals surface area contributed by atoms with Gasteiger partial charge in [-0.15, -0.1) is 11.3 Å². The normalized spacial score (nSPS) is 18.4. The molecule has 0 amide bonds. The van der Waals surface area contributed by atoms with Crippen LogP contribution in [0.25, 0.3) is 10.1 Å². The maximum absolute atomic E-state index is 10.6. The lowest BCUT2D eigenvalue weighted by atomic mass is 9.94. The molecule has 1 aromatic carbocycles. The predicted octanol–water partition coefficient (Wildman–Crippen LogP) is 3.37. The number of hydrogen-bond acceptors (Lipinski definition) is 3. The Balaban J connectivity index is 1.68. The third-order valence-corrected chi connectivity index (χ3v) is 5.14. The van der Waals surface area contributed by atoms with Gasteiger partial charge < -0.3 is 5.11 Å². The molecule has 1 fully saturated rings. The Kier molecular flexibility index (Phi) is 3.29. The number of nitrogens with zero attached hydrogens (tertiary/aromatic N) is 1. The second-order valence-electron chi connectivity index (χ2n) is 5.28. The molecule has 100 valence electrons. The predicted molar refractivity (Wildman–Crippen MR) is 77.6 cm³/mol. The lowest BCUT2D eigenvalue weighted by Crippen LogP contribution is -2.48. The number of carboxylic acid groups (broad SMARTS) is 1. The summed E-state index contributed by atoms with van der Waals surface area (Å²) in [4.78, 5) is 14.4. The largest absolute Gasteiger partial charge is 0.481 e. The zero-order chi connectivity index (χ0) is 13.4. The van der Waals surface area contributed by atoms with Crippen LogP contribution in [0.5, 0.6) is 0 Å². The summed E-state index contributed by atoms with van der Waals surface area (Å²) >= 11 is 1.84. The number of carbonyl (C=O) groups is 1. The topological polar surface area (TPSA) is 40.5 Å². The number of likely N-dealkylation sites (tertiary alicyclic amines) is 1. The van der Waals surface area contributed by atoms with Crippen LogP contribution in [0.3, 0.4) is 0 Å². The maximum atomic E-state index is 10.6. The van der Waals surface area contributed by atoms with Gasteiger partial charge in [-0.25, -0.2) is 0 Å². The van der Waals surface area contributed by atoms with Gasteiger partial charge in [0.1, 0.15) is 0 Å². The summed E-state index contributed by atoms with van der Waals surface area (Å²) in [5, 5.41) is 10.1. The number of fused-ring (bicyclic) bond motifs is 1. The van der Waals surface area contributed by atoms with Crippen LogP contribution in [0.4, 0.5) is 0 Å². The molecule has 0 spiro atoms. The SMILES string of the molecule is CC(c1cc2ccccc2s1)N1CC(CC(=O)O)C1. The molecule has 3 nitrogen and oxygen atoms in total. The number of hydrogen-bond donors (Lipinski definition) is 1. The van der Waals surface area contributed by atoms with E-state index >= 15 is 0 Å². The van der Waals surface area contributed by atoms with Crippen molar-refractivity contribution < 1.29 is 9.90 Å². The summed E-state index contributed by atoms with van der Waals surface area (Å²) in [6.07, 6.45) is 0.301. The summed E-state index contributed by atoms with van der Waals surface area (Å²) < 4.78 is 1.33. The smallest absolute Gasteiger partial charge is 0.303 e. The molecular weight excluding hydrogens is 258 g/mol. The summed E-state index contributed by atoms with van der Waals surface area (Å²) in [5.74, 6) is -0.353. The zero-order valence-corrected chi connectivity index (χ0v) is 11.7. The highest BCUT2D eigenvalue weighted by Gasteiger charge is 2.32. The van der Waals surface area contributed by atoms with Crippen LogP contribution in [0.2, 0.25) is 0 Å². The molecule has 19 heavy (non-hydrogen) atoms. The van der Waals surface area contributed by atoms with Gasteiger partial charge in [0, 0.05) is 28.7 Å². The molecule has 0 radical (unpaired) electrons. The molecule has 1 aliphatic rings. The fourth-order valence-corrected chi connectivity index (χ4v) is 3.84. The number of rotatable bonds is 4. The Morgan fingerprint density at radius 1 is 1.47 bits per heavy atom. The van der Waals surface area contributed by atoms with Crippen LogP contribution in [-0.4, -0.2) is 29.1 Å². The maximum Gasteiger partial charge on any atom is 0.303 e. The monoisotopic (exact) mass is 275 g/mol. The van der Waals surface area contributed by atoms with Gasteiger partial charge in [0.05, 0.1) is 6.42 Å². The van der Waals surface area contributed by atoms with Gasteiger partial charge in [-0.2, -0.15) is 0 Å². The fourth-order valence-electron chi connectivity index (χ4n) is 2.69. The zero-order valence-electron chi connectivity index (χ0n) is 10.9. The minimum absolute atomic E-state index is 0.301. The molecule has 0 saturated carbocycles. The van der Waals surface area contributed by atoms with Crippen LogP contribution < -0.4 is 0 Å². The molecule has 1 aromatic heterocycles. The van der Waals surface area contributed by atoms with Crippen molar-refractivity contribution in [2.45, 2.75) is 19.4 Å². The lowest BCUT2D eigenvalue weighted by Gasteiger charge is -2.42. The summed E-state index contributed by atoms with van der Waals surface area (Å²) in [7, 11) is 0. The van der Waals surface area contributed by atoms with Crippen molar-refractivity contribution in [1.82, 2.24) is 4.90 Å². The first-order valence-corrected chi connectivity index (χ1v) is 7.39. The van der Waals surface area contributed by atoms with Gasteiger partial charge in [-0.1, -0.05) is 18.2 Å². The van der Waals surface area contributed by atoms with Crippen molar-refractivity contribution >= 4 is 27.4 Å². The molecule has 4 heteroatoms. The molecule has 1 saturated heterocycles. The number of aliphatic carboxylic acids is 1. The molecule has 2 aromatic rings. The Hall–Kier alpha value is -1.39. The lowest BCUT2D eigenvalue weighted by molar-refractivity contribution is -0.139. The molecule has 1 atom stereocenters. The van der Waals surface area contributed by atoms with E-state index in [1.807, 2.05) is 11.3 Å². The van der Waals surface area contributed by atoms with Gasteiger partial charge in [-0.05, 0) is 30.4 Å². The highest BCUT2D eigenvalue weighted by atomic mass is 32.1. The van der Waals surface area contributed by atoms with E-state index in [9.17, 15) is 4.79 Å². The molecule has 0 aliphatic carbocycles. The van der Waals surface area contributed by atoms with Gasteiger partial charge in [0.2, 0.25) is 0 Å². The molecule has 3 rings (SSSR count). The van der Waals surface area contributed by atoms with Crippen molar-refractivity contribution in [3.63, 3.8) is 0 Å². The van der Waals surface area contributed by atoms with E-state index in [0.29, 0.717) is 18.4 Å². The third kappa shape index (κ3) is 2.51. The van der Waals surface area contributed by atoms with Gasteiger partial charge in [0.25, 0.3) is 0 Å². The Bertz CT molecular complexity index is 568. The van der Waals surface area contributed by atoms with E-state index in [4.69, 9.17) is 5.11 Å². The van der Waals surface area contributed by atoms with Crippen molar-refractivity contribution in [2.24, 2.45) is 5.92 Å². The van der Waals surface area contributed by atoms with Crippen LogP contribution in [-0.2, 0) is 4.79 Å².